The third-order valence-corrected chi connectivity index (χ3v) is 14.7. The molecule has 0 bridgehead atoms. The molecule has 3 heteroatoms. The van der Waals surface area contributed by atoms with Crippen LogP contribution in [0, 0.1) is 12.1 Å². The third-order valence-electron chi connectivity index (χ3n) is 13.5. The Morgan fingerprint density at radius 3 is 1.87 bits per heavy atom. The molecule has 0 radical (unpaired) electrons. The van der Waals surface area contributed by atoms with E-state index in [1.165, 1.54) is 64.7 Å². The number of fused-ring (bicyclic) bond motifs is 7. The van der Waals surface area contributed by atoms with E-state index < -0.39 is 0 Å². The lowest BCUT2D eigenvalue weighted by atomic mass is 9.94. The van der Waals surface area contributed by atoms with Gasteiger partial charge >= 0.3 is 0 Å². The first-order chi connectivity index (χ1) is 33.2. The molecule has 314 valence electrons. The minimum Gasteiger partial charge on any atom is -0.311 e. The molecule has 0 aliphatic heterocycles. The van der Waals surface area contributed by atoms with E-state index >= 15 is 0 Å². The number of anilines is 3. The van der Waals surface area contributed by atoms with Crippen LogP contribution in [0.1, 0.15) is 16.9 Å². The molecule has 0 spiro atoms. The maximum Gasteiger partial charge on any atom is 0.0631 e. The summed E-state index contributed by atoms with van der Waals surface area (Å²) in [6.07, 6.45) is 6.81. The average molecular weight is 871 g/mol. The zero-order valence-corrected chi connectivity index (χ0v) is 37.5. The van der Waals surface area contributed by atoms with Crippen LogP contribution in [0.25, 0.3) is 98.9 Å². The summed E-state index contributed by atoms with van der Waals surface area (Å²) in [7, 11) is 0. The van der Waals surface area contributed by atoms with Gasteiger partial charge in [0.05, 0.1) is 16.4 Å². The van der Waals surface area contributed by atoms with Gasteiger partial charge in [0, 0.05) is 43.1 Å². The monoisotopic (exact) mass is 870 g/mol. The van der Waals surface area contributed by atoms with Crippen LogP contribution in [0.3, 0.4) is 0 Å². The van der Waals surface area contributed by atoms with E-state index in [0.717, 1.165) is 68.5 Å². The first-order valence-corrected chi connectivity index (χ1v) is 23.9. The number of benzene rings is 9. The summed E-state index contributed by atoms with van der Waals surface area (Å²) in [5.41, 5.74) is 17.9. The Morgan fingerprint density at radius 1 is 0.478 bits per heavy atom. The second-order valence-electron chi connectivity index (χ2n) is 17.4. The van der Waals surface area contributed by atoms with Crippen LogP contribution in [0.2, 0.25) is 0 Å². The van der Waals surface area contributed by atoms with Crippen LogP contribution >= 0.6 is 11.3 Å². The first kappa shape index (κ1) is 39.0. The molecule has 10 aromatic carbocycles. The minimum atomic E-state index is 1.07. The smallest absolute Gasteiger partial charge is 0.0631 e. The molecule has 13 rings (SSSR count). The van der Waals surface area contributed by atoms with Crippen molar-refractivity contribution in [2.45, 2.75) is 12.8 Å². The van der Waals surface area contributed by atoms with Crippen molar-refractivity contribution in [3.63, 3.8) is 0 Å². The highest BCUT2D eigenvalue weighted by molar-refractivity contribution is 7.20. The number of aromatic nitrogens is 1. The average Bonchev–Trinajstić information content (AvgIpc) is 3.95. The van der Waals surface area contributed by atoms with E-state index in [9.17, 15) is 0 Å². The van der Waals surface area contributed by atoms with Crippen molar-refractivity contribution in [2.75, 3.05) is 4.90 Å². The van der Waals surface area contributed by atoms with Crippen molar-refractivity contribution in [3.05, 3.63) is 247 Å². The number of rotatable bonds is 8. The summed E-state index contributed by atoms with van der Waals surface area (Å²) in [5.74, 6) is 0. The molecular formula is C64H42N2S. The molecule has 0 fully saturated rings. The highest BCUT2D eigenvalue weighted by atomic mass is 32.1. The van der Waals surface area contributed by atoms with Gasteiger partial charge in [0.1, 0.15) is 0 Å². The molecule has 2 aromatic heterocycles. The Labute approximate surface area is 394 Å². The number of allylic oxidation sites excluding steroid dienone is 1. The summed E-state index contributed by atoms with van der Waals surface area (Å²) in [4.78, 5) is 3.78. The fourth-order valence-corrected chi connectivity index (χ4v) is 11.4. The number of hydrogen-bond donors (Lipinski definition) is 0. The van der Waals surface area contributed by atoms with E-state index in [2.05, 4.69) is 246 Å². The molecule has 0 amide bonds. The zero-order valence-electron chi connectivity index (χ0n) is 36.7. The Bertz CT molecular complexity index is 3840. The van der Waals surface area contributed by atoms with E-state index in [-0.39, 0.29) is 0 Å². The van der Waals surface area contributed by atoms with Crippen molar-refractivity contribution < 1.29 is 0 Å². The second-order valence-corrected chi connectivity index (χ2v) is 18.5. The number of para-hydroxylation sites is 1. The van der Waals surface area contributed by atoms with Crippen LogP contribution in [-0.2, 0) is 6.42 Å². The highest BCUT2D eigenvalue weighted by Gasteiger charge is 2.19. The highest BCUT2D eigenvalue weighted by Crippen LogP contribution is 2.43. The largest absolute Gasteiger partial charge is 0.311 e. The normalized spacial score (nSPS) is 12.2. The van der Waals surface area contributed by atoms with Gasteiger partial charge in [-0.1, -0.05) is 146 Å². The summed E-state index contributed by atoms with van der Waals surface area (Å²) in [6.45, 7) is 0. The molecule has 1 aliphatic carbocycles. The second kappa shape index (κ2) is 16.2. The summed E-state index contributed by atoms with van der Waals surface area (Å²) >= 11 is 1.91. The molecular weight excluding hydrogens is 829 g/mol. The fraction of sp³-hybridized carbons (Fsp3) is 0.0312. The van der Waals surface area contributed by atoms with Gasteiger partial charge in [-0.3, -0.25) is 0 Å². The van der Waals surface area contributed by atoms with E-state index in [4.69, 9.17) is 0 Å². The molecule has 2 nitrogen and oxygen atoms in total. The summed E-state index contributed by atoms with van der Waals surface area (Å²) < 4.78 is 3.68. The predicted octanol–water partition coefficient (Wildman–Crippen LogP) is 17.8. The van der Waals surface area contributed by atoms with Crippen molar-refractivity contribution in [1.82, 2.24) is 4.57 Å². The van der Waals surface area contributed by atoms with Crippen LogP contribution in [0.4, 0.5) is 17.1 Å². The van der Waals surface area contributed by atoms with Gasteiger partial charge in [-0.15, -0.1) is 11.3 Å². The molecule has 1 aliphatic rings. The van der Waals surface area contributed by atoms with E-state index in [1.807, 2.05) is 17.4 Å². The Kier molecular flexibility index (Phi) is 9.44. The summed E-state index contributed by atoms with van der Waals surface area (Å²) in [6, 6.07) is 86.3. The van der Waals surface area contributed by atoms with Gasteiger partial charge in [0.2, 0.25) is 0 Å². The van der Waals surface area contributed by atoms with E-state index in [1.54, 1.807) is 0 Å². The fourth-order valence-electron chi connectivity index (χ4n) is 10.2. The van der Waals surface area contributed by atoms with Crippen molar-refractivity contribution in [3.8, 4) is 50.2 Å². The minimum absolute atomic E-state index is 1.07. The molecule has 2 heterocycles. The maximum absolute atomic E-state index is 3.43. The van der Waals surface area contributed by atoms with Crippen LogP contribution in [0.5, 0.6) is 0 Å². The summed E-state index contributed by atoms with van der Waals surface area (Å²) in [5, 5.41) is 6.15. The van der Waals surface area contributed by atoms with Gasteiger partial charge in [0.25, 0.3) is 0 Å². The molecule has 0 unspecified atom stereocenters. The first-order valence-electron chi connectivity index (χ1n) is 23.0. The van der Waals surface area contributed by atoms with Crippen molar-refractivity contribution in [1.29, 1.82) is 0 Å². The number of thiophene rings is 1. The third kappa shape index (κ3) is 6.90. The maximum atomic E-state index is 3.43. The molecule has 12 aromatic rings. The lowest BCUT2D eigenvalue weighted by Crippen LogP contribution is -2.09. The quantitative estimate of drug-likeness (QED) is 0.148. The predicted molar refractivity (Wildman–Crippen MR) is 285 cm³/mol. The Hall–Kier alpha value is -8.42. The number of hydrogen-bond acceptors (Lipinski definition) is 2. The standard InChI is InChI=1S/C64H42N2S/c1-2-16-52(17-3-1)66-60-21-8-6-18-57(60)59-42-51(32-39-61(59)66)45-28-35-54(36-29-45)65(55-37-30-46(31-38-55)56-20-11-23-63-64(56)58-19-7-9-22-62(58)67-63)53-33-26-44(27-34-53)48-14-10-15-49(40-48)50-25-24-43-12-4-5-13-47(43)41-50/h1-5,8-17,20-42H,7,19H2. The van der Waals surface area contributed by atoms with E-state index in [0.29, 0.717) is 0 Å². The Morgan fingerprint density at radius 2 is 1.10 bits per heavy atom. The Balaban J connectivity index is 0.874. The van der Waals surface area contributed by atoms with Crippen LogP contribution in [0.15, 0.2) is 224 Å². The van der Waals surface area contributed by atoms with Gasteiger partial charge in [-0.25, -0.2) is 0 Å². The van der Waals surface area contributed by atoms with Crippen molar-refractivity contribution in [2.24, 2.45) is 0 Å². The lowest BCUT2D eigenvalue weighted by Gasteiger charge is -2.26. The van der Waals surface area contributed by atoms with Crippen LogP contribution in [-0.4, -0.2) is 4.57 Å². The zero-order chi connectivity index (χ0) is 44.3. The molecule has 0 atom stereocenters. The van der Waals surface area contributed by atoms with Crippen molar-refractivity contribution >= 4 is 77.1 Å². The SMILES string of the molecule is c1ccc2c(c#1)c1cc(-c3ccc(N(c4ccc(-c5cccc(-c6ccc7ccccc7c6)c5)cc4)c4ccc(-c5cccc6sc7c(c56)CCC=C7)cc4)cc3)ccc1n2-c1ccccc1. The molecule has 0 N–H and O–H groups in total. The topological polar surface area (TPSA) is 8.17 Å². The van der Waals surface area contributed by atoms with Gasteiger partial charge in [-0.2, -0.15) is 0 Å². The molecule has 0 saturated carbocycles. The number of nitrogens with zero attached hydrogens (tertiary/aromatic N) is 2. The molecule has 0 saturated heterocycles. The number of aryl methyl sites for hydroxylation is 1. The molecule has 67 heavy (non-hydrogen) atoms. The van der Waals surface area contributed by atoms with Crippen LogP contribution < -0.4 is 4.90 Å². The lowest BCUT2D eigenvalue weighted by molar-refractivity contribution is 1.01. The van der Waals surface area contributed by atoms with Gasteiger partial charge in [-0.05, 0) is 171 Å². The van der Waals surface area contributed by atoms with Gasteiger partial charge < -0.3 is 9.47 Å². The van der Waals surface area contributed by atoms with Gasteiger partial charge in [0.15, 0.2) is 0 Å².